The number of hydrogen-bond donors (Lipinski definition) is 2. The number of amides is 2. The summed E-state index contributed by atoms with van der Waals surface area (Å²) < 4.78 is 27.6. The average molecular weight is 430 g/mol. The Hall–Kier alpha value is -2.71. The minimum Gasteiger partial charge on any atom is -0.343 e. The second-order valence-electron chi connectivity index (χ2n) is 7.57. The van der Waals surface area contributed by atoms with Gasteiger partial charge in [0.05, 0.1) is 11.4 Å². The first-order chi connectivity index (χ1) is 14.3. The van der Waals surface area contributed by atoms with E-state index in [4.69, 9.17) is 0 Å². The van der Waals surface area contributed by atoms with Gasteiger partial charge in [-0.3, -0.25) is 9.59 Å². The predicted molar refractivity (Wildman–Crippen MR) is 115 cm³/mol. The number of carbonyl (C=O) groups excluding carboxylic acids is 2. The monoisotopic (exact) mass is 429 g/mol. The molecule has 0 aromatic heterocycles. The van der Waals surface area contributed by atoms with E-state index in [2.05, 4.69) is 10.0 Å². The van der Waals surface area contributed by atoms with Gasteiger partial charge in [0.25, 0.3) is 5.91 Å². The van der Waals surface area contributed by atoms with Crippen LogP contribution < -0.4 is 10.0 Å². The lowest BCUT2D eigenvalue weighted by Crippen LogP contribution is -2.48. The highest BCUT2D eigenvalue weighted by atomic mass is 32.2. The van der Waals surface area contributed by atoms with Crippen LogP contribution in [-0.4, -0.2) is 50.8 Å². The molecule has 0 bridgehead atoms. The molecular formula is C22H27N3O4S. The van der Waals surface area contributed by atoms with Crippen LogP contribution >= 0.6 is 0 Å². The highest BCUT2D eigenvalue weighted by Gasteiger charge is 2.26. The molecule has 2 amide bonds. The molecule has 3 rings (SSSR count). The first-order valence-electron chi connectivity index (χ1n) is 9.97. The van der Waals surface area contributed by atoms with E-state index in [1.807, 2.05) is 19.9 Å². The first kappa shape index (κ1) is 22.0. The molecule has 1 aliphatic heterocycles. The summed E-state index contributed by atoms with van der Waals surface area (Å²) in [7, 11) is -3.57. The standard InChI is InChI=1S/C22H27N3O4S/c1-16-8-9-18(14-17(16)2)22(27)23-15-21(26)25-12-10-19(11-13-25)24-30(28,29)20-6-4-3-5-7-20/h3-9,14,19,24H,10-13,15H2,1-2H3,(H,23,27). The Bertz CT molecular complexity index is 1010. The predicted octanol–water partition coefficient (Wildman–Crippen LogP) is 2.00. The molecule has 0 atom stereocenters. The van der Waals surface area contributed by atoms with Gasteiger partial charge >= 0.3 is 0 Å². The Kier molecular flexibility index (Phi) is 6.89. The molecule has 0 radical (unpaired) electrons. The fourth-order valence-corrected chi connectivity index (χ4v) is 4.71. The zero-order valence-electron chi connectivity index (χ0n) is 17.2. The van der Waals surface area contributed by atoms with E-state index in [-0.39, 0.29) is 29.3 Å². The average Bonchev–Trinajstić information content (AvgIpc) is 2.74. The van der Waals surface area contributed by atoms with Gasteiger partial charge in [-0.15, -0.1) is 0 Å². The zero-order chi connectivity index (χ0) is 21.7. The van der Waals surface area contributed by atoms with Gasteiger partial charge in [0.1, 0.15) is 0 Å². The number of sulfonamides is 1. The van der Waals surface area contributed by atoms with Crippen molar-refractivity contribution in [3.05, 3.63) is 65.2 Å². The fourth-order valence-electron chi connectivity index (χ4n) is 3.39. The third-order valence-corrected chi connectivity index (χ3v) is 6.93. The topological polar surface area (TPSA) is 95.6 Å². The number of likely N-dealkylation sites (tertiary alicyclic amines) is 1. The number of hydrogen-bond acceptors (Lipinski definition) is 4. The number of nitrogens with one attached hydrogen (secondary N) is 2. The Morgan fingerprint density at radius 1 is 1.00 bits per heavy atom. The number of benzene rings is 2. The number of aryl methyl sites for hydroxylation is 2. The number of rotatable bonds is 6. The summed E-state index contributed by atoms with van der Waals surface area (Å²) in [6.45, 7) is 4.73. The van der Waals surface area contributed by atoms with E-state index in [1.165, 1.54) is 0 Å². The van der Waals surface area contributed by atoms with E-state index >= 15 is 0 Å². The molecule has 8 heteroatoms. The van der Waals surface area contributed by atoms with Crippen molar-refractivity contribution in [3.8, 4) is 0 Å². The second-order valence-corrected chi connectivity index (χ2v) is 9.29. The lowest BCUT2D eigenvalue weighted by Gasteiger charge is -2.32. The molecule has 1 heterocycles. The van der Waals surface area contributed by atoms with Gasteiger partial charge in [0.2, 0.25) is 15.9 Å². The SMILES string of the molecule is Cc1ccc(C(=O)NCC(=O)N2CCC(NS(=O)(=O)c3ccccc3)CC2)cc1C. The summed E-state index contributed by atoms with van der Waals surface area (Å²) in [5.41, 5.74) is 2.65. The first-order valence-corrected chi connectivity index (χ1v) is 11.5. The van der Waals surface area contributed by atoms with Crippen LogP contribution in [0.1, 0.15) is 34.3 Å². The summed E-state index contributed by atoms with van der Waals surface area (Å²) in [6.07, 6.45) is 1.06. The van der Waals surface area contributed by atoms with Crippen LogP contribution in [0.15, 0.2) is 53.4 Å². The largest absolute Gasteiger partial charge is 0.343 e. The van der Waals surface area contributed by atoms with Gasteiger partial charge in [-0.2, -0.15) is 0 Å². The normalized spacial score (nSPS) is 15.1. The third-order valence-electron chi connectivity index (χ3n) is 5.39. The van der Waals surface area contributed by atoms with Gasteiger partial charge in [0, 0.05) is 24.7 Å². The van der Waals surface area contributed by atoms with E-state index in [9.17, 15) is 18.0 Å². The van der Waals surface area contributed by atoms with Crippen molar-refractivity contribution in [2.45, 2.75) is 37.6 Å². The van der Waals surface area contributed by atoms with Gasteiger partial charge in [-0.05, 0) is 62.1 Å². The molecule has 0 aliphatic carbocycles. The molecule has 0 saturated carbocycles. The van der Waals surface area contributed by atoms with Gasteiger partial charge in [0.15, 0.2) is 0 Å². The summed E-state index contributed by atoms with van der Waals surface area (Å²) >= 11 is 0. The number of nitrogens with zero attached hydrogens (tertiary/aromatic N) is 1. The van der Waals surface area contributed by atoms with E-state index in [1.54, 1.807) is 47.4 Å². The van der Waals surface area contributed by atoms with E-state index < -0.39 is 10.0 Å². The molecule has 1 aliphatic rings. The van der Waals surface area contributed by atoms with Crippen LogP contribution in [0.2, 0.25) is 0 Å². The molecule has 0 spiro atoms. The number of carbonyl (C=O) groups is 2. The summed E-state index contributed by atoms with van der Waals surface area (Å²) in [4.78, 5) is 26.6. The molecular weight excluding hydrogens is 402 g/mol. The highest BCUT2D eigenvalue weighted by Crippen LogP contribution is 2.15. The maximum atomic E-state index is 12.4. The zero-order valence-corrected chi connectivity index (χ0v) is 18.0. The van der Waals surface area contributed by atoms with Crippen LogP contribution in [0.3, 0.4) is 0 Å². The molecule has 30 heavy (non-hydrogen) atoms. The Labute approximate surface area is 177 Å². The Morgan fingerprint density at radius 2 is 1.67 bits per heavy atom. The van der Waals surface area contributed by atoms with Crippen molar-refractivity contribution in [1.82, 2.24) is 14.9 Å². The molecule has 2 N–H and O–H groups in total. The van der Waals surface area contributed by atoms with Crippen molar-refractivity contribution in [2.24, 2.45) is 0 Å². The molecule has 7 nitrogen and oxygen atoms in total. The van der Waals surface area contributed by atoms with Crippen LogP contribution in [0.5, 0.6) is 0 Å². The lowest BCUT2D eigenvalue weighted by atomic mass is 10.1. The molecule has 1 saturated heterocycles. The van der Waals surface area contributed by atoms with Crippen LogP contribution in [-0.2, 0) is 14.8 Å². The molecule has 2 aromatic rings. The summed E-state index contributed by atoms with van der Waals surface area (Å²) in [6, 6.07) is 13.5. The highest BCUT2D eigenvalue weighted by molar-refractivity contribution is 7.89. The second kappa shape index (κ2) is 9.40. The maximum absolute atomic E-state index is 12.4. The van der Waals surface area contributed by atoms with Crippen molar-refractivity contribution < 1.29 is 18.0 Å². The van der Waals surface area contributed by atoms with Crippen LogP contribution in [0.4, 0.5) is 0 Å². The number of piperidine rings is 1. The van der Waals surface area contributed by atoms with E-state index in [0.717, 1.165) is 11.1 Å². The van der Waals surface area contributed by atoms with Crippen molar-refractivity contribution in [2.75, 3.05) is 19.6 Å². The van der Waals surface area contributed by atoms with E-state index in [0.29, 0.717) is 31.5 Å². The van der Waals surface area contributed by atoms with Gasteiger partial charge in [-0.25, -0.2) is 13.1 Å². The fraction of sp³-hybridized carbons (Fsp3) is 0.364. The lowest BCUT2D eigenvalue weighted by molar-refractivity contribution is -0.131. The van der Waals surface area contributed by atoms with Crippen molar-refractivity contribution in [1.29, 1.82) is 0 Å². The van der Waals surface area contributed by atoms with Crippen LogP contribution in [0, 0.1) is 13.8 Å². The Balaban J connectivity index is 1.47. The minimum atomic E-state index is -3.57. The Morgan fingerprint density at radius 3 is 2.30 bits per heavy atom. The van der Waals surface area contributed by atoms with Crippen molar-refractivity contribution in [3.63, 3.8) is 0 Å². The molecule has 0 unspecified atom stereocenters. The molecule has 2 aromatic carbocycles. The summed E-state index contributed by atoms with van der Waals surface area (Å²) in [5.74, 6) is -0.450. The minimum absolute atomic E-state index is 0.0772. The third kappa shape index (κ3) is 5.46. The van der Waals surface area contributed by atoms with Crippen molar-refractivity contribution >= 4 is 21.8 Å². The maximum Gasteiger partial charge on any atom is 0.251 e. The van der Waals surface area contributed by atoms with Gasteiger partial charge < -0.3 is 10.2 Å². The molecule has 160 valence electrons. The quantitative estimate of drug-likeness (QED) is 0.734. The van der Waals surface area contributed by atoms with Gasteiger partial charge in [-0.1, -0.05) is 24.3 Å². The van der Waals surface area contributed by atoms with Crippen LogP contribution in [0.25, 0.3) is 0 Å². The smallest absolute Gasteiger partial charge is 0.251 e. The molecule has 1 fully saturated rings. The summed E-state index contributed by atoms with van der Waals surface area (Å²) in [5, 5.41) is 2.67.